The van der Waals surface area contributed by atoms with E-state index in [0.717, 1.165) is 30.9 Å². The van der Waals surface area contributed by atoms with Crippen molar-refractivity contribution in [2.24, 2.45) is 5.73 Å². The zero-order chi connectivity index (χ0) is 13.1. The van der Waals surface area contributed by atoms with Gasteiger partial charge in [-0.1, -0.05) is 0 Å². The van der Waals surface area contributed by atoms with Crippen LogP contribution in [0.15, 0.2) is 5.38 Å². The Morgan fingerprint density at radius 1 is 1.72 bits per heavy atom. The van der Waals surface area contributed by atoms with Gasteiger partial charge >= 0.3 is 0 Å². The lowest BCUT2D eigenvalue weighted by Crippen LogP contribution is -2.47. The van der Waals surface area contributed by atoms with Gasteiger partial charge in [0.05, 0.1) is 0 Å². The van der Waals surface area contributed by atoms with Gasteiger partial charge in [-0.3, -0.25) is 4.79 Å². The average Bonchev–Trinajstić information content (AvgIpc) is 2.85. The third-order valence-corrected chi connectivity index (χ3v) is 4.28. The Morgan fingerprint density at radius 3 is 3.11 bits per heavy atom. The van der Waals surface area contributed by atoms with Crippen molar-refractivity contribution in [3.63, 3.8) is 0 Å². The smallest absolute Gasteiger partial charge is 0.273 e. The number of piperidine rings is 1. The summed E-state index contributed by atoms with van der Waals surface area (Å²) in [6, 6.07) is 0.291. The molecule has 0 radical (unpaired) electrons. The van der Waals surface area contributed by atoms with Crippen LogP contribution < -0.4 is 5.73 Å². The van der Waals surface area contributed by atoms with Gasteiger partial charge in [0.1, 0.15) is 10.7 Å². The predicted molar refractivity (Wildman–Crippen MR) is 72.6 cm³/mol. The van der Waals surface area contributed by atoms with Gasteiger partial charge in [-0.15, -0.1) is 11.3 Å². The minimum Gasteiger partial charge on any atom is -0.336 e. The van der Waals surface area contributed by atoms with Crippen molar-refractivity contribution in [3.8, 4) is 0 Å². The molecule has 100 valence electrons. The highest BCUT2D eigenvalue weighted by molar-refractivity contribution is 7.09. The summed E-state index contributed by atoms with van der Waals surface area (Å²) in [6.45, 7) is 2.45. The SMILES string of the molecule is CN1CCCC(N(C)C(=O)c2csc(CN)n2)C1. The normalized spacial score (nSPS) is 20.9. The van der Waals surface area contributed by atoms with E-state index in [-0.39, 0.29) is 5.91 Å². The molecule has 0 bridgehead atoms. The van der Waals surface area contributed by atoms with Crippen LogP contribution in [0.4, 0.5) is 0 Å². The molecule has 1 fully saturated rings. The van der Waals surface area contributed by atoms with Crippen molar-refractivity contribution in [2.75, 3.05) is 27.2 Å². The van der Waals surface area contributed by atoms with Crippen molar-refractivity contribution in [1.29, 1.82) is 0 Å². The number of carbonyl (C=O) groups excluding carboxylic acids is 1. The molecule has 0 aromatic carbocycles. The van der Waals surface area contributed by atoms with Gasteiger partial charge in [0.25, 0.3) is 5.91 Å². The molecule has 1 aliphatic rings. The molecule has 18 heavy (non-hydrogen) atoms. The fourth-order valence-electron chi connectivity index (χ4n) is 2.30. The van der Waals surface area contributed by atoms with E-state index in [0.29, 0.717) is 18.3 Å². The molecule has 1 atom stereocenters. The van der Waals surface area contributed by atoms with E-state index in [1.165, 1.54) is 11.3 Å². The molecule has 1 aromatic rings. The summed E-state index contributed by atoms with van der Waals surface area (Å²) < 4.78 is 0. The Kier molecular flexibility index (Phi) is 4.31. The summed E-state index contributed by atoms with van der Waals surface area (Å²) in [5, 5.41) is 2.61. The van der Waals surface area contributed by atoms with Crippen LogP contribution in [0.5, 0.6) is 0 Å². The van der Waals surface area contributed by atoms with Crippen LogP contribution in [0.2, 0.25) is 0 Å². The maximum absolute atomic E-state index is 12.3. The monoisotopic (exact) mass is 268 g/mol. The fraction of sp³-hybridized carbons (Fsp3) is 0.667. The lowest BCUT2D eigenvalue weighted by molar-refractivity contribution is 0.0639. The van der Waals surface area contributed by atoms with E-state index >= 15 is 0 Å². The molecule has 0 spiro atoms. The summed E-state index contributed by atoms with van der Waals surface area (Å²) >= 11 is 1.45. The first kappa shape index (κ1) is 13.5. The van der Waals surface area contributed by atoms with Crippen molar-refractivity contribution in [3.05, 3.63) is 16.1 Å². The molecular formula is C12H20N4OS. The first-order valence-corrected chi connectivity index (χ1v) is 7.10. The zero-order valence-corrected chi connectivity index (χ0v) is 11.7. The third kappa shape index (κ3) is 2.88. The number of rotatable bonds is 3. The molecule has 2 heterocycles. The van der Waals surface area contributed by atoms with Crippen molar-refractivity contribution in [1.82, 2.24) is 14.8 Å². The van der Waals surface area contributed by atoms with Crippen LogP contribution in [0, 0.1) is 0 Å². The number of nitrogens with zero attached hydrogens (tertiary/aromatic N) is 3. The molecule has 1 saturated heterocycles. The Balaban J connectivity index is 2.03. The second kappa shape index (κ2) is 5.77. The number of likely N-dealkylation sites (tertiary alicyclic amines) is 1. The standard InChI is InChI=1S/C12H20N4OS/c1-15-5-3-4-9(7-15)16(2)12(17)10-8-18-11(6-13)14-10/h8-9H,3-7,13H2,1-2H3. The van der Waals surface area contributed by atoms with Crippen molar-refractivity contribution >= 4 is 17.2 Å². The number of carbonyl (C=O) groups is 1. The topological polar surface area (TPSA) is 62.5 Å². The van der Waals surface area contributed by atoms with Gasteiger partial charge in [-0.05, 0) is 26.4 Å². The second-order valence-electron chi connectivity index (χ2n) is 4.80. The molecule has 1 aromatic heterocycles. The van der Waals surface area contributed by atoms with Gasteiger partial charge in [0.2, 0.25) is 0 Å². The summed E-state index contributed by atoms with van der Waals surface area (Å²) in [7, 11) is 3.97. The summed E-state index contributed by atoms with van der Waals surface area (Å²) in [5.74, 6) is 0.00579. The van der Waals surface area contributed by atoms with E-state index < -0.39 is 0 Å². The Hall–Kier alpha value is -0.980. The molecule has 2 rings (SSSR count). The van der Waals surface area contributed by atoms with Crippen LogP contribution in [-0.4, -0.2) is 53.9 Å². The zero-order valence-electron chi connectivity index (χ0n) is 10.9. The first-order chi connectivity index (χ1) is 8.61. The lowest BCUT2D eigenvalue weighted by atomic mass is 10.0. The summed E-state index contributed by atoms with van der Waals surface area (Å²) in [4.78, 5) is 20.6. The van der Waals surface area contributed by atoms with Gasteiger partial charge in [0, 0.05) is 31.6 Å². The number of hydrogen-bond acceptors (Lipinski definition) is 5. The molecule has 1 amide bonds. The molecule has 0 aliphatic carbocycles. The number of aromatic nitrogens is 1. The molecule has 6 heteroatoms. The van der Waals surface area contributed by atoms with Crippen LogP contribution in [0.25, 0.3) is 0 Å². The maximum atomic E-state index is 12.3. The molecule has 2 N–H and O–H groups in total. The van der Waals surface area contributed by atoms with E-state index in [1.807, 2.05) is 11.9 Å². The van der Waals surface area contributed by atoms with Crippen LogP contribution >= 0.6 is 11.3 Å². The van der Waals surface area contributed by atoms with Crippen molar-refractivity contribution in [2.45, 2.75) is 25.4 Å². The van der Waals surface area contributed by atoms with E-state index in [2.05, 4.69) is 16.9 Å². The fourth-order valence-corrected chi connectivity index (χ4v) is 2.95. The number of hydrogen-bond donors (Lipinski definition) is 1. The molecule has 1 unspecified atom stereocenters. The third-order valence-electron chi connectivity index (χ3n) is 3.41. The maximum Gasteiger partial charge on any atom is 0.273 e. The molecule has 0 saturated carbocycles. The minimum absolute atomic E-state index is 0.00579. The highest BCUT2D eigenvalue weighted by Gasteiger charge is 2.26. The largest absolute Gasteiger partial charge is 0.336 e. The van der Waals surface area contributed by atoms with Crippen LogP contribution in [0.1, 0.15) is 28.3 Å². The number of thiazole rings is 1. The number of nitrogens with two attached hydrogens (primary N) is 1. The van der Waals surface area contributed by atoms with Gasteiger partial charge < -0.3 is 15.5 Å². The first-order valence-electron chi connectivity index (χ1n) is 6.22. The molecular weight excluding hydrogens is 248 g/mol. The summed E-state index contributed by atoms with van der Waals surface area (Å²) in [5.41, 5.74) is 6.04. The Morgan fingerprint density at radius 2 is 2.50 bits per heavy atom. The van der Waals surface area contributed by atoms with E-state index in [1.54, 1.807) is 5.38 Å². The second-order valence-corrected chi connectivity index (χ2v) is 5.75. The van der Waals surface area contributed by atoms with Gasteiger partial charge in [-0.2, -0.15) is 0 Å². The molecule has 5 nitrogen and oxygen atoms in total. The van der Waals surface area contributed by atoms with Crippen LogP contribution in [0.3, 0.4) is 0 Å². The number of amides is 1. The highest BCUT2D eigenvalue weighted by atomic mass is 32.1. The number of likely N-dealkylation sites (N-methyl/N-ethyl adjacent to an activating group) is 2. The van der Waals surface area contributed by atoms with Gasteiger partial charge in [-0.25, -0.2) is 4.98 Å². The van der Waals surface area contributed by atoms with Gasteiger partial charge in [0.15, 0.2) is 0 Å². The molecule has 1 aliphatic heterocycles. The quantitative estimate of drug-likeness (QED) is 0.879. The predicted octanol–water partition coefficient (Wildman–Crippen LogP) is 0.768. The van der Waals surface area contributed by atoms with Crippen LogP contribution in [-0.2, 0) is 6.54 Å². The van der Waals surface area contributed by atoms with E-state index in [4.69, 9.17) is 5.73 Å². The average molecular weight is 268 g/mol. The Labute approximate surface area is 112 Å². The Bertz CT molecular complexity index is 420. The summed E-state index contributed by atoms with van der Waals surface area (Å²) in [6.07, 6.45) is 2.21. The lowest BCUT2D eigenvalue weighted by Gasteiger charge is -2.35. The minimum atomic E-state index is 0.00579. The van der Waals surface area contributed by atoms with Crippen molar-refractivity contribution < 1.29 is 4.79 Å². The van der Waals surface area contributed by atoms with E-state index in [9.17, 15) is 4.79 Å². The highest BCUT2D eigenvalue weighted by Crippen LogP contribution is 2.17.